The van der Waals surface area contributed by atoms with Gasteiger partial charge >= 0.3 is 5.97 Å². The number of carbonyl (C=O) groups excluding carboxylic acids is 3. The molecule has 0 saturated carbocycles. The topological polar surface area (TPSA) is 186 Å². The van der Waals surface area contributed by atoms with Gasteiger partial charge in [-0.05, 0) is 54.8 Å². The summed E-state index contributed by atoms with van der Waals surface area (Å²) in [6.07, 6.45) is 3.49. The van der Waals surface area contributed by atoms with Gasteiger partial charge in [0.2, 0.25) is 5.91 Å². The van der Waals surface area contributed by atoms with Gasteiger partial charge in [-0.2, -0.15) is 0 Å². The number of nitrogens with two attached hydrogens (primary N) is 1. The summed E-state index contributed by atoms with van der Waals surface area (Å²) < 4.78 is 36.4. The van der Waals surface area contributed by atoms with E-state index >= 15 is 0 Å². The van der Waals surface area contributed by atoms with Gasteiger partial charge in [-0.1, -0.05) is 42.5 Å². The number of aryl methyl sites for hydroxylation is 2. The molecular formula is C34H34N6O6S. The van der Waals surface area contributed by atoms with Crippen LogP contribution in [0, 0.1) is 5.41 Å². The number of benzene rings is 3. The Bertz CT molecular complexity index is 2100. The summed E-state index contributed by atoms with van der Waals surface area (Å²) >= 11 is 0. The van der Waals surface area contributed by atoms with Crippen LogP contribution in [0.15, 0.2) is 90.1 Å². The number of rotatable bonds is 13. The molecule has 13 heteroatoms. The number of amidine groups is 1. The number of anilines is 1. The summed E-state index contributed by atoms with van der Waals surface area (Å²) in [7, 11) is -2.32. The number of nitrogens with one attached hydrogen (secondary N) is 3. The SMILES string of the molecule is CCOC(=O)CNC(=O)C(C(=O)CCc1ccc(C(=N)N)cc1)c1cn(C)c2ccc(NS(=O)(=O)c3cccc4cccnc34)cc12. The summed E-state index contributed by atoms with van der Waals surface area (Å²) in [5.74, 6) is -3.11. The highest BCUT2D eigenvalue weighted by Gasteiger charge is 2.31. The van der Waals surface area contributed by atoms with Gasteiger partial charge in [-0.3, -0.25) is 29.5 Å². The number of para-hydroxylation sites is 1. The summed E-state index contributed by atoms with van der Waals surface area (Å²) in [5.41, 5.74) is 8.47. The fourth-order valence-corrected chi connectivity index (χ4v) is 6.65. The smallest absolute Gasteiger partial charge is 0.325 e. The number of Topliss-reactive ketones (excluding diaryl/α,β-unsaturated/α-hetero) is 1. The minimum absolute atomic E-state index is 0.00622. The first-order valence-corrected chi connectivity index (χ1v) is 16.3. The zero-order chi connectivity index (χ0) is 33.7. The summed E-state index contributed by atoms with van der Waals surface area (Å²) in [4.78, 5) is 43.7. The molecule has 3 aromatic carbocycles. The first kappa shape index (κ1) is 32.8. The van der Waals surface area contributed by atoms with Crippen molar-refractivity contribution in [2.75, 3.05) is 17.9 Å². The van der Waals surface area contributed by atoms with Crippen LogP contribution in [0.25, 0.3) is 21.8 Å². The number of amides is 1. The Hall–Kier alpha value is -5.56. The Labute approximate surface area is 271 Å². The van der Waals surface area contributed by atoms with Crippen molar-refractivity contribution in [2.24, 2.45) is 12.8 Å². The van der Waals surface area contributed by atoms with Crippen molar-refractivity contribution >= 4 is 61.0 Å². The number of pyridine rings is 1. The molecule has 0 bridgehead atoms. The molecule has 1 unspecified atom stereocenters. The molecule has 242 valence electrons. The normalized spacial score (nSPS) is 12.0. The van der Waals surface area contributed by atoms with Crippen LogP contribution in [-0.4, -0.2) is 54.6 Å². The Balaban J connectivity index is 1.48. The van der Waals surface area contributed by atoms with Gasteiger partial charge in [0.25, 0.3) is 10.0 Å². The third kappa shape index (κ3) is 7.31. The minimum atomic E-state index is -4.08. The number of sulfonamides is 1. The van der Waals surface area contributed by atoms with Crippen molar-refractivity contribution in [3.63, 3.8) is 0 Å². The zero-order valence-electron chi connectivity index (χ0n) is 25.8. The van der Waals surface area contributed by atoms with Gasteiger partial charge in [0.05, 0.1) is 12.1 Å². The van der Waals surface area contributed by atoms with Crippen molar-refractivity contribution in [1.82, 2.24) is 14.9 Å². The van der Waals surface area contributed by atoms with Crippen LogP contribution in [0.3, 0.4) is 0 Å². The van der Waals surface area contributed by atoms with Gasteiger partial charge in [-0.15, -0.1) is 0 Å². The van der Waals surface area contributed by atoms with E-state index in [2.05, 4.69) is 15.0 Å². The number of esters is 1. The lowest BCUT2D eigenvalue weighted by Gasteiger charge is -2.16. The van der Waals surface area contributed by atoms with Crippen LogP contribution < -0.4 is 15.8 Å². The molecule has 2 heterocycles. The molecule has 0 aliphatic carbocycles. The third-order valence-corrected chi connectivity index (χ3v) is 9.10. The first-order chi connectivity index (χ1) is 22.5. The van der Waals surface area contributed by atoms with Crippen molar-refractivity contribution in [1.29, 1.82) is 5.41 Å². The van der Waals surface area contributed by atoms with Crippen molar-refractivity contribution in [3.8, 4) is 0 Å². The second kappa shape index (κ2) is 13.8. The summed E-state index contributed by atoms with van der Waals surface area (Å²) in [6.45, 7) is 1.36. The van der Waals surface area contributed by atoms with Crippen molar-refractivity contribution < 1.29 is 27.5 Å². The average molecular weight is 655 g/mol. The monoisotopic (exact) mass is 654 g/mol. The number of aromatic nitrogens is 2. The molecule has 0 aliphatic heterocycles. The molecule has 0 fully saturated rings. The number of hydrogen-bond donors (Lipinski definition) is 4. The molecule has 5 rings (SSSR count). The van der Waals surface area contributed by atoms with Gasteiger partial charge in [-0.25, -0.2) is 8.42 Å². The number of ketones is 1. The lowest BCUT2D eigenvalue weighted by Crippen LogP contribution is -2.37. The number of nitrogen functional groups attached to an aromatic ring is 1. The summed E-state index contributed by atoms with van der Waals surface area (Å²) in [6, 6.07) is 20.2. The van der Waals surface area contributed by atoms with E-state index in [0.717, 1.165) is 5.56 Å². The number of fused-ring (bicyclic) bond motifs is 2. The van der Waals surface area contributed by atoms with E-state index in [1.807, 2.05) is 0 Å². The van der Waals surface area contributed by atoms with Crippen LogP contribution >= 0.6 is 0 Å². The summed E-state index contributed by atoms with van der Waals surface area (Å²) in [5, 5.41) is 11.3. The van der Waals surface area contributed by atoms with Crippen molar-refractivity contribution in [2.45, 2.75) is 30.6 Å². The lowest BCUT2D eigenvalue weighted by molar-refractivity contribution is -0.144. The second-order valence-electron chi connectivity index (χ2n) is 10.9. The van der Waals surface area contributed by atoms with E-state index in [1.54, 1.807) is 91.5 Å². The third-order valence-electron chi connectivity index (χ3n) is 7.69. The van der Waals surface area contributed by atoms with Gasteiger partial charge in [0, 0.05) is 53.4 Å². The Morgan fingerprint density at radius 2 is 1.79 bits per heavy atom. The Morgan fingerprint density at radius 1 is 1.04 bits per heavy atom. The first-order valence-electron chi connectivity index (χ1n) is 14.8. The Morgan fingerprint density at radius 3 is 2.51 bits per heavy atom. The van der Waals surface area contributed by atoms with Gasteiger partial charge in [0.1, 0.15) is 29.0 Å². The quantitative estimate of drug-likeness (QED) is 0.0639. The fraction of sp³-hybridized carbons (Fsp3) is 0.206. The molecule has 47 heavy (non-hydrogen) atoms. The van der Waals surface area contributed by atoms with Crippen LogP contribution in [-0.2, 0) is 42.6 Å². The highest BCUT2D eigenvalue weighted by molar-refractivity contribution is 7.93. The molecule has 0 saturated heterocycles. The van der Waals surface area contributed by atoms with Crippen LogP contribution in [0.2, 0.25) is 0 Å². The van der Waals surface area contributed by atoms with Gasteiger partial charge < -0.3 is 20.4 Å². The largest absolute Gasteiger partial charge is 0.465 e. The molecule has 0 spiro atoms. The van der Waals surface area contributed by atoms with E-state index in [1.165, 1.54) is 12.3 Å². The lowest BCUT2D eigenvalue weighted by atomic mass is 9.90. The number of nitrogens with zero attached hydrogens (tertiary/aromatic N) is 2. The second-order valence-corrected chi connectivity index (χ2v) is 12.5. The van der Waals surface area contributed by atoms with Crippen LogP contribution in [0.4, 0.5) is 5.69 Å². The standard InChI is InChI=1S/C34H34N6O6S/c1-3-46-30(42)19-38-34(43)31(28(41)16-11-21-9-12-23(13-10-21)33(35)36)26-20-40(2)27-15-14-24(18-25(26)27)39-47(44,45)29-8-4-6-22-7-5-17-37-32(22)29/h4-10,12-15,17-18,20,31,39H,3,11,16,19H2,1-2H3,(H3,35,36)(H,38,43). The fourth-order valence-electron chi connectivity index (χ4n) is 5.42. The predicted molar refractivity (Wildman–Crippen MR) is 179 cm³/mol. The van der Waals surface area contributed by atoms with Crippen LogP contribution in [0.1, 0.15) is 36.0 Å². The molecular weight excluding hydrogens is 620 g/mol. The molecule has 0 aliphatic rings. The molecule has 1 atom stereocenters. The highest BCUT2D eigenvalue weighted by Crippen LogP contribution is 2.33. The van der Waals surface area contributed by atoms with E-state index in [-0.39, 0.29) is 29.4 Å². The number of hydrogen-bond acceptors (Lipinski definition) is 8. The van der Waals surface area contributed by atoms with E-state index in [9.17, 15) is 22.8 Å². The van der Waals surface area contributed by atoms with Crippen LogP contribution in [0.5, 0.6) is 0 Å². The average Bonchev–Trinajstić information content (AvgIpc) is 3.37. The van der Waals surface area contributed by atoms with E-state index in [0.29, 0.717) is 39.4 Å². The maximum Gasteiger partial charge on any atom is 0.325 e. The molecule has 5 aromatic rings. The Kier molecular flexibility index (Phi) is 9.66. The van der Waals surface area contributed by atoms with E-state index < -0.39 is 40.1 Å². The maximum absolute atomic E-state index is 13.8. The van der Waals surface area contributed by atoms with E-state index in [4.69, 9.17) is 15.9 Å². The molecule has 0 radical (unpaired) electrons. The molecule has 12 nitrogen and oxygen atoms in total. The predicted octanol–water partition coefficient (Wildman–Crippen LogP) is 3.78. The minimum Gasteiger partial charge on any atom is -0.465 e. The maximum atomic E-state index is 13.8. The molecule has 2 aromatic heterocycles. The van der Waals surface area contributed by atoms with Gasteiger partial charge in [0.15, 0.2) is 0 Å². The number of ether oxygens (including phenoxy) is 1. The molecule has 5 N–H and O–H groups in total. The highest BCUT2D eigenvalue weighted by atomic mass is 32.2. The molecule has 1 amide bonds. The number of carbonyl (C=O) groups is 3. The van der Waals surface area contributed by atoms with Crippen molar-refractivity contribution in [3.05, 3.63) is 102 Å². The zero-order valence-corrected chi connectivity index (χ0v) is 26.6.